The Kier molecular flexibility index (Phi) is 3.69. The number of carbonyl (C=O) groups is 1. The SMILES string of the molecule is COc1c(C)cnc(CC(=O)c2ccoc2C)c1C. The zero-order chi connectivity index (χ0) is 14.0. The van der Waals surface area contributed by atoms with Crippen LogP contribution < -0.4 is 4.74 Å². The quantitative estimate of drug-likeness (QED) is 0.792. The van der Waals surface area contributed by atoms with Gasteiger partial charge in [-0.05, 0) is 26.8 Å². The van der Waals surface area contributed by atoms with Gasteiger partial charge in [0.1, 0.15) is 11.5 Å². The van der Waals surface area contributed by atoms with Crippen LogP contribution in [0.2, 0.25) is 0 Å². The van der Waals surface area contributed by atoms with Crippen LogP contribution in [0.3, 0.4) is 0 Å². The second-order valence-corrected chi connectivity index (χ2v) is 4.54. The van der Waals surface area contributed by atoms with Gasteiger partial charge in [-0.2, -0.15) is 0 Å². The van der Waals surface area contributed by atoms with Crippen molar-refractivity contribution in [2.45, 2.75) is 27.2 Å². The van der Waals surface area contributed by atoms with E-state index in [1.54, 1.807) is 26.3 Å². The summed E-state index contributed by atoms with van der Waals surface area (Å²) >= 11 is 0. The summed E-state index contributed by atoms with van der Waals surface area (Å²) in [6, 6.07) is 1.69. The smallest absolute Gasteiger partial charge is 0.172 e. The molecule has 0 fully saturated rings. The topological polar surface area (TPSA) is 52.3 Å². The number of carbonyl (C=O) groups excluding carboxylic acids is 1. The third kappa shape index (κ3) is 2.52. The summed E-state index contributed by atoms with van der Waals surface area (Å²) < 4.78 is 10.5. The number of aryl methyl sites for hydroxylation is 2. The van der Waals surface area contributed by atoms with Gasteiger partial charge in [0.15, 0.2) is 5.78 Å². The maximum atomic E-state index is 12.2. The van der Waals surface area contributed by atoms with Crippen molar-refractivity contribution in [1.82, 2.24) is 4.98 Å². The fraction of sp³-hybridized carbons (Fsp3) is 0.333. The molecule has 0 bridgehead atoms. The number of rotatable bonds is 4. The Morgan fingerprint density at radius 1 is 1.37 bits per heavy atom. The van der Waals surface area contributed by atoms with E-state index in [1.165, 1.54) is 6.26 Å². The Morgan fingerprint density at radius 3 is 2.68 bits per heavy atom. The molecule has 100 valence electrons. The van der Waals surface area contributed by atoms with E-state index in [0.717, 1.165) is 22.6 Å². The Labute approximate surface area is 112 Å². The molecule has 0 N–H and O–H groups in total. The lowest BCUT2D eigenvalue weighted by Crippen LogP contribution is -2.08. The molecule has 0 aliphatic rings. The highest BCUT2D eigenvalue weighted by atomic mass is 16.5. The van der Waals surface area contributed by atoms with Crippen molar-refractivity contribution >= 4 is 5.78 Å². The molecule has 0 aliphatic heterocycles. The first kappa shape index (κ1) is 13.3. The largest absolute Gasteiger partial charge is 0.496 e. The molecule has 2 aromatic heterocycles. The molecule has 0 radical (unpaired) electrons. The van der Waals surface area contributed by atoms with Crippen LogP contribution in [0.15, 0.2) is 22.9 Å². The van der Waals surface area contributed by atoms with E-state index in [2.05, 4.69) is 4.98 Å². The van der Waals surface area contributed by atoms with Crippen LogP contribution in [-0.4, -0.2) is 17.9 Å². The summed E-state index contributed by atoms with van der Waals surface area (Å²) in [5.74, 6) is 1.44. The predicted molar refractivity (Wildman–Crippen MR) is 71.7 cm³/mol. The van der Waals surface area contributed by atoms with E-state index in [9.17, 15) is 4.79 Å². The highest BCUT2D eigenvalue weighted by Crippen LogP contribution is 2.25. The molecule has 0 aromatic carbocycles. The van der Waals surface area contributed by atoms with E-state index in [4.69, 9.17) is 9.15 Å². The summed E-state index contributed by atoms with van der Waals surface area (Å²) in [5.41, 5.74) is 3.24. The van der Waals surface area contributed by atoms with Gasteiger partial charge in [0.05, 0.1) is 31.1 Å². The van der Waals surface area contributed by atoms with Crippen molar-refractivity contribution in [3.05, 3.63) is 46.7 Å². The lowest BCUT2D eigenvalue weighted by atomic mass is 10.0. The summed E-state index contributed by atoms with van der Waals surface area (Å²) in [7, 11) is 1.63. The van der Waals surface area contributed by atoms with Crippen molar-refractivity contribution < 1.29 is 13.9 Å². The second kappa shape index (κ2) is 5.26. The third-order valence-electron chi connectivity index (χ3n) is 3.24. The van der Waals surface area contributed by atoms with E-state index >= 15 is 0 Å². The van der Waals surface area contributed by atoms with Gasteiger partial charge in [-0.1, -0.05) is 0 Å². The molecule has 2 rings (SSSR count). The number of aromatic nitrogens is 1. The predicted octanol–water partition coefficient (Wildman–Crippen LogP) is 3.03. The maximum Gasteiger partial charge on any atom is 0.172 e. The van der Waals surface area contributed by atoms with Crippen LogP contribution in [0.4, 0.5) is 0 Å². The van der Waals surface area contributed by atoms with Gasteiger partial charge >= 0.3 is 0 Å². The van der Waals surface area contributed by atoms with Crippen LogP contribution in [-0.2, 0) is 6.42 Å². The monoisotopic (exact) mass is 259 g/mol. The van der Waals surface area contributed by atoms with Crippen LogP contribution in [0, 0.1) is 20.8 Å². The molecule has 0 saturated heterocycles. The van der Waals surface area contributed by atoms with Crippen molar-refractivity contribution in [3.63, 3.8) is 0 Å². The number of ketones is 1. The Bertz CT molecular complexity index is 614. The molecule has 0 saturated carbocycles. The van der Waals surface area contributed by atoms with Gasteiger partial charge in [0, 0.05) is 17.3 Å². The fourth-order valence-electron chi connectivity index (χ4n) is 2.17. The summed E-state index contributed by atoms with van der Waals surface area (Å²) in [6.45, 7) is 5.64. The molecular formula is C15H17NO3. The maximum absolute atomic E-state index is 12.2. The minimum atomic E-state index is 0.00718. The van der Waals surface area contributed by atoms with Crippen LogP contribution >= 0.6 is 0 Å². The number of pyridine rings is 1. The van der Waals surface area contributed by atoms with Crippen molar-refractivity contribution in [2.24, 2.45) is 0 Å². The molecular weight excluding hydrogens is 242 g/mol. The summed E-state index contributed by atoms with van der Waals surface area (Å²) in [4.78, 5) is 16.5. The van der Waals surface area contributed by atoms with Gasteiger partial charge in [-0.25, -0.2) is 0 Å². The molecule has 0 amide bonds. The van der Waals surface area contributed by atoms with E-state index in [0.29, 0.717) is 11.3 Å². The lowest BCUT2D eigenvalue weighted by molar-refractivity contribution is 0.0990. The minimum Gasteiger partial charge on any atom is -0.496 e. The number of nitrogens with zero attached hydrogens (tertiary/aromatic N) is 1. The van der Waals surface area contributed by atoms with Crippen LogP contribution in [0.25, 0.3) is 0 Å². The second-order valence-electron chi connectivity index (χ2n) is 4.54. The van der Waals surface area contributed by atoms with Gasteiger partial charge in [0.25, 0.3) is 0 Å². The normalized spacial score (nSPS) is 10.5. The fourth-order valence-corrected chi connectivity index (χ4v) is 2.17. The highest BCUT2D eigenvalue weighted by molar-refractivity contribution is 5.98. The number of ether oxygens (including phenoxy) is 1. The zero-order valence-corrected chi connectivity index (χ0v) is 11.6. The van der Waals surface area contributed by atoms with Crippen molar-refractivity contribution in [3.8, 4) is 5.75 Å². The third-order valence-corrected chi connectivity index (χ3v) is 3.24. The number of hydrogen-bond donors (Lipinski definition) is 0. The first-order chi connectivity index (χ1) is 9.04. The number of hydrogen-bond acceptors (Lipinski definition) is 4. The van der Waals surface area contributed by atoms with Gasteiger partial charge in [0.2, 0.25) is 0 Å². The number of methoxy groups -OCH3 is 1. The summed E-state index contributed by atoms with van der Waals surface area (Å²) in [5, 5.41) is 0. The van der Waals surface area contributed by atoms with Crippen molar-refractivity contribution in [2.75, 3.05) is 7.11 Å². The molecule has 2 aromatic rings. The van der Waals surface area contributed by atoms with Crippen molar-refractivity contribution in [1.29, 1.82) is 0 Å². The standard InChI is InChI=1S/C15H17NO3/c1-9-8-16-13(10(2)15(9)18-4)7-14(17)12-5-6-19-11(12)3/h5-6,8H,7H2,1-4H3. The average molecular weight is 259 g/mol. The minimum absolute atomic E-state index is 0.00718. The van der Waals surface area contributed by atoms with E-state index < -0.39 is 0 Å². The number of Topliss-reactive ketones (excluding diaryl/α,β-unsaturated/α-hetero) is 1. The Balaban J connectivity index is 2.30. The molecule has 0 atom stereocenters. The molecule has 2 heterocycles. The van der Waals surface area contributed by atoms with E-state index in [1.807, 2.05) is 13.8 Å². The molecule has 0 unspecified atom stereocenters. The molecule has 19 heavy (non-hydrogen) atoms. The lowest BCUT2D eigenvalue weighted by Gasteiger charge is -2.11. The molecule has 4 heteroatoms. The van der Waals surface area contributed by atoms with Gasteiger partial charge in [-0.3, -0.25) is 9.78 Å². The summed E-state index contributed by atoms with van der Waals surface area (Å²) in [6.07, 6.45) is 3.51. The Hall–Kier alpha value is -2.10. The first-order valence-corrected chi connectivity index (χ1v) is 6.11. The van der Waals surface area contributed by atoms with Gasteiger partial charge in [-0.15, -0.1) is 0 Å². The molecule has 0 spiro atoms. The van der Waals surface area contributed by atoms with Crippen LogP contribution in [0.5, 0.6) is 5.75 Å². The van der Waals surface area contributed by atoms with E-state index in [-0.39, 0.29) is 12.2 Å². The highest BCUT2D eigenvalue weighted by Gasteiger charge is 2.16. The first-order valence-electron chi connectivity index (χ1n) is 6.11. The van der Waals surface area contributed by atoms with Gasteiger partial charge < -0.3 is 9.15 Å². The number of furan rings is 1. The average Bonchev–Trinajstić information content (AvgIpc) is 2.80. The Morgan fingerprint density at radius 2 is 2.11 bits per heavy atom. The van der Waals surface area contributed by atoms with Crippen LogP contribution in [0.1, 0.15) is 32.9 Å². The zero-order valence-electron chi connectivity index (χ0n) is 11.6. The molecule has 4 nitrogen and oxygen atoms in total. The molecule has 0 aliphatic carbocycles.